The van der Waals surface area contributed by atoms with Gasteiger partial charge in [-0.2, -0.15) is 0 Å². The van der Waals surface area contributed by atoms with Crippen molar-refractivity contribution in [1.29, 1.82) is 0 Å². The van der Waals surface area contributed by atoms with Crippen LogP contribution in [0.25, 0.3) is 0 Å². The molecule has 5 nitrogen and oxygen atoms in total. The molecule has 6 heteroatoms. The van der Waals surface area contributed by atoms with Gasteiger partial charge in [0.15, 0.2) is 0 Å². The van der Waals surface area contributed by atoms with Gasteiger partial charge >= 0.3 is 5.97 Å². The highest BCUT2D eigenvalue weighted by Gasteiger charge is 2.08. The summed E-state index contributed by atoms with van der Waals surface area (Å²) >= 11 is 6.08. The fourth-order valence-electron chi connectivity index (χ4n) is 1.68. The van der Waals surface area contributed by atoms with Gasteiger partial charge in [-0.1, -0.05) is 11.6 Å². The average molecular weight is 307 g/mol. The van der Waals surface area contributed by atoms with Gasteiger partial charge in [0.2, 0.25) is 0 Å². The number of anilines is 2. The highest BCUT2D eigenvalue weighted by Crippen LogP contribution is 2.24. The van der Waals surface area contributed by atoms with Crippen LogP contribution >= 0.6 is 11.6 Å². The van der Waals surface area contributed by atoms with Crippen LogP contribution in [0.1, 0.15) is 10.4 Å². The molecule has 2 aromatic carbocycles. The first-order valence-corrected chi connectivity index (χ1v) is 6.56. The Hall–Kier alpha value is -2.40. The molecule has 0 atom stereocenters. The first-order valence-electron chi connectivity index (χ1n) is 6.18. The van der Waals surface area contributed by atoms with Gasteiger partial charge in [-0.05, 0) is 42.5 Å². The van der Waals surface area contributed by atoms with Crippen LogP contribution in [-0.2, 0) is 4.74 Å². The molecule has 0 aliphatic heterocycles. The average Bonchev–Trinajstić information content (AvgIpc) is 2.53. The monoisotopic (exact) mass is 306 g/mol. The van der Waals surface area contributed by atoms with Crippen LogP contribution in [0.2, 0.25) is 5.02 Å². The zero-order valence-electron chi connectivity index (χ0n) is 11.6. The maximum absolute atomic E-state index is 11.5. The van der Waals surface area contributed by atoms with Crippen LogP contribution < -0.4 is 15.6 Å². The number of esters is 1. The number of nitrogens with one attached hydrogen (secondary N) is 2. The summed E-state index contributed by atoms with van der Waals surface area (Å²) < 4.78 is 9.76. The van der Waals surface area contributed by atoms with E-state index in [0.29, 0.717) is 16.3 Å². The molecule has 2 N–H and O–H groups in total. The molecule has 0 fully saturated rings. The van der Waals surface area contributed by atoms with Gasteiger partial charge in [0.25, 0.3) is 0 Å². The summed E-state index contributed by atoms with van der Waals surface area (Å²) in [5.41, 5.74) is 7.78. The molecule has 0 bridgehead atoms. The Bertz CT molecular complexity index is 629. The van der Waals surface area contributed by atoms with Crippen LogP contribution in [0.15, 0.2) is 42.5 Å². The molecule has 21 heavy (non-hydrogen) atoms. The number of hydrogen-bond donors (Lipinski definition) is 2. The van der Waals surface area contributed by atoms with Gasteiger partial charge in [0.05, 0.1) is 36.2 Å². The largest absolute Gasteiger partial charge is 0.497 e. The summed E-state index contributed by atoms with van der Waals surface area (Å²) in [6.07, 6.45) is 0. The molecule has 0 heterocycles. The third kappa shape index (κ3) is 3.79. The van der Waals surface area contributed by atoms with E-state index in [1.807, 2.05) is 24.3 Å². The molecular formula is C15H15ClN2O3. The van der Waals surface area contributed by atoms with Gasteiger partial charge in [-0.25, -0.2) is 4.79 Å². The number of methoxy groups -OCH3 is 2. The van der Waals surface area contributed by atoms with Crippen molar-refractivity contribution in [2.45, 2.75) is 0 Å². The van der Waals surface area contributed by atoms with Gasteiger partial charge in [0.1, 0.15) is 5.75 Å². The summed E-state index contributed by atoms with van der Waals surface area (Å²) in [7, 11) is 2.94. The van der Waals surface area contributed by atoms with E-state index in [9.17, 15) is 4.79 Å². The first kappa shape index (κ1) is 15.0. The van der Waals surface area contributed by atoms with E-state index in [0.717, 1.165) is 11.4 Å². The SMILES string of the molecule is COC(=O)c1ccc(Cl)c(NNc2ccc(OC)cc2)c1. The second-order valence-electron chi connectivity index (χ2n) is 4.16. The van der Waals surface area contributed by atoms with Crippen LogP contribution in [0.5, 0.6) is 5.75 Å². The summed E-state index contributed by atoms with van der Waals surface area (Å²) in [6.45, 7) is 0. The molecule has 0 aliphatic rings. The van der Waals surface area contributed by atoms with Crippen LogP contribution in [0.4, 0.5) is 11.4 Å². The molecule has 0 saturated heterocycles. The highest BCUT2D eigenvalue weighted by atomic mass is 35.5. The van der Waals surface area contributed by atoms with Crippen molar-refractivity contribution in [2.75, 3.05) is 25.1 Å². The molecule has 0 spiro atoms. The predicted octanol–water partition coefficient (Wildman–Crippen LogP) is 3.57. The van der Waals surface area contributed by atoms with Gasteiger partial charge in [0, 0.05) is 0 Å². The van der Waals surface area contributed by atoms with E-state index < -0.39 is 5.97 Å². The molecule has 2 aromatic rings. The Labute approximate surface area is 127 Å². The lowest BCUT2D eigenvalue weighted by molar-refractivity contribution is 0.0601. The van der Waals surface area contributed by atoms with Gasteiger partial charge in [-0.15, -0.1) is 0 Å². The maximum Gasteiger partial charge on any atom is 0.337 e. The smallest absolute Gasteiger partial charge is 0.337 e. The molecule has 0 radical (unpaired) electrons. The second kappa shape index (κ2) is 6.85. The molecule has 0 aromatic heterocycles. The Kier molecular flexibility index (Phi) is 4.90. The number of carbonyl (C=O) groups is 1. The van der Waals surface area contributed by atoms with E-state index >= 15 is 0 Å². The Balaban J connectivity index is 2.09. The zero-order chi connectivity index (χ0) is 15.2. The van der Waals surface area contributed by atoms with E-state index in [-0.39, 0.29) is 0 Å². The number of benzene rings is 2. The highest BCUT2D eigenvalue weighted by molar-refractivity contribution is 6.33. The van der Waals surface area contributed by atoms with Crippen molar-refractivity contribution >= 4 is 28.9 Å². The quantitative estimate of drug-likeness (QED) is 0.653. The molecule has 0 aliphatic carbocycles. The topological polar surface area (TPSA) is 59.6 Å². The number of halogens is 1. The van der Waals surface area contributed by atoms with Crippen molar-refractivity contribution in [3.8, 4) is 5.75 Å². The second-order valence-corrected chi connectivity index (χ2v) is 4.57. The maximum atomic E-state index is 11.5. The number of hydrogen-bond acceptors (Lipinski definition) is 5. The lowest BCUT2D eigenvalue weighted by Crippen LogP contribution is -2.10. The van der Waals surface area contributed by atoms with Crippen molar-refractivity contribution in [1.82, 2.24) is 0 Å². The Morgan fingerprint density at radius 2 is 1.76 bits per heavy atom. The third-order valence-corrected chi connectivity index (χ3v) is 3.15. The Morgan fingerprint density at radius 1 is 1.05 bits per heavy atom. The van der Waals surface area contributed by atoms with E-state index in [2.05, 4.69) is 15.6 Å². The predicted molar refractivity (Wildman–Crippen MR) is 83.0 cm³/mol. The van der Waals surface area contributed by atoms with Crippen molar-refractivity contribution in [3.05, 3.63) is 53.1 Å². The molecule has 0 unspecified atom stereocenters. The van der Waals surface area contributed by atoms with E-state index in [4.69, 9.17) is 16.3 Å². The number of hydrazine groups is 1. The van der Waals surface area contributed by atoms with Crippen molar-refractivity contribution in [3.63, 3.8) is 0 Å². The van der Waals surface area contributed by atoms with Crippen LogP contribution in [0, 0.1) is 0 Å². The summed E-state index contributed by atoms with van der Waals surface area (Å²) in [4.78, 5) is 11.5. The molecule has 0 saturated carbocycles. The summed E-state index contributed by atoms with van der Waals surface area (Å²) in [6, 6.07) is 12.2. The normalized spacial score (nSPS) is 9.86. The summed E-state index contributed by atoms with van der Waals surface area (Å²) in [5, 5.41) is 0.490. The van der Waals surface area contributed by atoms with Crippen LogP contribution in [-0.4, -0.2) is 20.2 Å². The van der Waals surface area contributed by atoms with Crippen LogP contribution in [0.3, 0.4) is 0 Å². The van der Waals surface area contributed by atoms with Gasteiger partial charge in [-0.3, -0.25) is 5.43 Å². The minimum Gasteiger partial charge on any atom is -0.497 e. The number of carbonyl (C=O) groups excluding carboxylic acids is 1. The summed E-state index contributed by atoms with van der Waals surface area (Å²) in [5.74, 6) is 0.352. The fraction of sp³-hybridized carbons (Fsp3) is 0.133. The standard InChI is InChI=1S/C15H15ClN2O3/c1-20-12-6-4-11(5-7-12)17-18-14-9-10(15(19)21-2)3-8-13(14)16/h3-9,17-18H,1-2H3. The molecule has 2 rings (SSSR count). The number of ether oxygens (including phenoxy) is 2. The minimum absolute atomic E-state index is 0.417. The zero-order valence-corrected chi connectivity index (χ0v) is 12.4. The van der Waals surface area contributed by atoms with Crippen molar-refractivity contribution < 1.29 is 14.3 Å². The third-order valence-electron chi connectivity index (χ3n) is 2.82. The van der Waals surface area contributed by atoms with E-state index in [1.165, 1.54) is 7.11 Å². The lowest BCUT2D eigenvalue weighted by Gasteiger charge is -2.12. The lowest BCUT2D eigenvalue weighted by atomic mass is 10.2. The van der Waals surface area contributed by atoms with Gasteiger partial charge < -0.3 is 14.9 Å². The Morgan fingerprint density at radius 3 is 2.38 bits per heavy atom. The molecule has 0 amide bonds. The van der Waals surface area contributed by atoms with E-state index in [1.54, 1.807) is 25.3 Å². The molecule has 110 valence electrons. The van der Waals surface area contributed by atoms with Crippen molar-refractivity contribution in [2.24, 2.45) is 0 Å². The minimum atomic E-state index is -0.417. The fourth-order valence-corrected chi connectivity index (χ4v) is 1.84. The number of rotatable bonds is 5. The first-order chi connectivity index (χ1) is 10.1. The molecular weight excluding hydrogens is 292 g/mol.